The molecule has 1 aliphatic rings. The summed E-state index contributed by atoms with van der Waals surface area (Å²) in [5.74, 6) is -0.600. The summed E-state index contributed by atoms with van der Waals surface area (Å²) in [4.78, 5) is 26.5. The number of aliphatic hydroxyl groups excluding tert-OH is 4. The Bertz CT molecular complexity index is 1560. The van der Waals surface area contributed by atoms with Crippen molar-refractivity contribution in [1.82, 2.24) is 10.2 Å². The Hall–Kier alpha value is -4.33. The molecule has 0 aromatic carbocycles. The van der Waals surface area contributed by atoms with E-state index >= 15 is 0 Å². The van der Waals surface area contributed by atoms with E-state index in [2.05, 4.69) is 49.5 Å². The second kappa shape index (κ2) is 29.8. The van der Waals surface area contributed by atoms with Crippen molar-refractivity contribution >= 4 is 18.2 Å². The fourth-order valence-corrected chi connectivity index (χ4v) is 6.15. The van der Waals surface area contributed by atoms with Crippen LogP contribution in [0.1, 0.15) is 93.4 Å². The van der Waals surface area contributed by atoms with Crippen LogP contribution in [0.25, 0.3) is 0 Å². The Kier molecular flexibility index (Phi) is 26.6. The van der Waals surface area contributed by atoms with Crippen molar-refractivity contribution in [3.05, 3.63) is 108 Å². The highest BCUT2D eigenvalue weighted by Crippen LogP contribution is 2.29. The van der Waals surface area contributed by atoms with Crippen LogP contribution in [0.2, 0.25) is 0 Å². The molecular weight excluding hydrogens is 751 g/mol. The van der Waals surface area contributed by atoms with E-state index in [1.54, 1.807) is 39.0 Å². The zero-order valence-corrected chi connectivity index (χ0v) is 36.8. The van der Waals surface area contributed by atoms with Gasteiger partial charge in [0.1, 0.15) is 24.1 Å². The van der Waals surface area contributed by atoms with Gasteiger partial charge < -0.3 is 44.9 Å². The topological polar surface area (TPSA) is 182 Å². The van der Waals surface area contributed by atoms with Gasteiger partial charge in [-0.2, -0.15) is 0 Å². The standard InChI is InChI=1S/C47H73N3O9/c1-10-39(51)38(7)49-45(55)36(5)29-23-15-13-11-12-14-22-28-35(4)43(58-47-42(54)40(52)41(53)44(59-47)46(56)57-9)37(6)31-34(3)27-21-18-20-26-33(2)25-19-16-17-24-30-50(8)32-48/h11-16,19-20,22-23,26,28-29,31-35,40-44,47-48,51-54H,10,17-18,21,24-25,27,30H2,1-9H3,(H,49,55)/b13-11+,14-12+,19-16+,23-15+,26-20+,28-22+,36-29+,37-31+,39-38-,48-32?. The smallest absolute Gasteiger partial charge is 0.337 e. The van der Waals surface area contributed by atoms with Crippen molar-refractivity contribution in [3.63, 3.8) is 0 Å². The third-order valence-electron chi connectivity index (χ3n) is 9.88. The van der Waals surface area contributed by atoms with E-state index in [0.717, 1.165) is 57.8 Å². The predicted molar refractivity (Wildman–Crippen MR) is 236 cm³/mol. The number of carbonyl (C=O) groups excluding carboxylic acids is 2. The fraction of sp³-hybridized carbons (Fsp3) is 0.553. The molecule has 1 amide bonds. The number of nitrogens with one attached hydrogen (secondary N) is 2. The molecule has 0 aromatic heterocycles. The van der Waals surface area contributed by atoms with Gasteiger partial charge in [-0.1, -0.05) is 113 Å². The summed E-state index contributed by atoms with van der Waals surface area (Å²) < 4.78 is 16.7. The largest absolute Gasteiger partial charge is 0.511 e. The second-order valence-corrected chi connectivity index (χ2v) is 15.3. The Morgan fingerprint density at radius 3 is 2.15 bits per heavy atom. The van der Waals surface area contributed by atoms with E-state index in [0.29, 0.717) is 23.6 Å². The number of hydrogen-bond acceptors (Lipinski definition) is 10. The van der Waals surface area contributed by atoms with Crippen LogP contribution < -0.4 is 5.32 Å². The molecule has 6 N–H and O–H groups in total. The number of aliphatic hydroxyl groups is 4. The first-order valence-electron chi connectivity index (χ1n) is 20.8. The van der Waals surface area contributed by atoms with Crippen LogP contribution in [-0.4, -0.2) is 101 Å². The molecule has 12 heteroatoms. The van der Waals surface area contributed by atoms with Gasteiger partial charge in [0.05, 0.1) is 25.2 Å². The van der Waals surface area contributed by atoms with E-state index in [1.807, 2.05) is 62.3 Å². The van der Waals surface area contributed by atoms with Crippen molar-refractivity contribution < 1.29 is 44.2 Å². The van der Waals surface area contributed by atoms with Crippen molar-refractivity contribution in [1.29, 1.82) is 5.41 Å². The minimum absolute atomic E-state index is 0.142. The van der Waals surface area contributed by atoms with E-state index in [9.17, 15) is 30.0 Å². The molecule has 0 spiro atoms. The van der Waals surface area contributed by atoms with Crippen molar-refractivity contribution in [2.75, 3.05) is 20.7 Å². The predicted octanol–water partition coefficient (Wildman–Crippen LogP) is 7.69. The zero-order chi connectivity index (χ0) is 44.3. The minimum Gasteiger partial charge on any atom is -0.511 e. The van der Waals surface area contributed by atoms with E-state index < -0.39 is 42.8 Å². The summed E-state index contributed by atoms with van der Waals surface area (Å²) in [5.41, 5.74) is 1.82. The maximum Gasteiger partial charge on any atom is 0.337 e. The lowest BCUT2D eigenvalue weighted by Crippen LogP contribution is -2.61. The molecule has 1 fully saturated rings. The van der Waals surface area contributed by atoms with Crippen LogP contribution in [0.3, 0.4) is 0 Å². The van der Waals surface area contributed by atoms with Crippen LogP contribution in [0.15, 0.2) is 108 Å². The van der Waals surface area contributed by atoms with Crippen molar-refractivity contribution in [2.45, 2.75) is 130 Å². The highest BCUT2D eigenvalue weighted by molar-refractivity contribution is 5.94. The molecule has 0 aromatic rings. The molecule has 0 radical (unpaired) electrons. The number of methoxy groups -OCH3 is 1. The van der Waals surface area contributed by atoms with Crippen molar-refractivity contribution in [2.24, 2.45) is 17.8 Å². The van der Waals surface area contributed by atoms with Gasteiger partial charge in [-0.25, -0.2) is 4.79 Å². The number of nitrogens with zero attached hydrogens (tertiary/aromatic N) is 1. The molecule has 330 valence electrons. The molecule has 12 nitrogen and oxygen atoms in total. The molecule has 1 heterocycles. The first kappa shape index (κ1) is 52.7. The van der Waals surface area contributed by atoms with Crippen LogP contribution in [0, 0.1) is 23.2 Å². The lowest BCUT2D eigenvalue weighted by atomic mass is 9.92. The monoisotopic (exact) mass is 824 g/mol. The molecule has 1 aliphatic heterocycles. The quantitative estimate of drug-likeness (QED) is 0.00740. The number of rotatable bonds is 26. The number of amides is 1. The van der Waals surface area contributed by atoms with Crippen LogP contribution in [-0.2, 0) is 23.8 Å². The van der Waals surface area contributed by atoms with Gasteiger partial charge in [-0.15, -0.1) is 0 Å². The van der Waals surface area contributed by atoms with Gasteiger partial charge in [0.25, 0.3) is 5.91 Å². The average molecular weight is 824 g/mol. The number of allylic oxidation sites excluding steroid dienone is 15. The fourth-order valence-electron chi connectivity index (χ4n) is 6.15. The van der Waals surface area contributed by atoms with Crippen LogP contribution in [0.4, 0.5) is 0 Å². The first-order chi connectivity index (χ1) is 28.1. The lowest BCUT2D eigenvalue weighted by Gasteiger charge is -2.41. The van der Waals surface area contributed by atoms with E-state index in [4.69, 9.17) is 19.6 Å². The summed E-state index contributed by atoms with van der Waals surface area (Å²) in [6.07, 6.45) is 26.7. The number of esters is 1. The van der Waals surface area contributed by atoms with Crippen molar-refractivity contribution in [3.8, 4) is 0 Å². The molecule has 1 rings (SSSR count). The summed E-state index contributed by atoms with van der Waals surface area (Å²) in [6, 6.07) is 0. The molecule has 1 saturated heterocycles. The highest BCUT2D eigenvalue weighted by atomic mass is 16.7. The molecule has 59 heavy (non-hydrogen) atoms. The lowest BCUT2D eigenvalue weighted by molar-refractivity contribution is -0.303. The maximum absolute atomic E-state index is 12.3. The molecule has 9 atom stereocenters. The SMILES string of the molecule is CC/C(O)=C(\C)NC(=O)/C(C)=C/C=C/C=C/C=C/C=C/C(C)C(OC1OC(C(=O)OC)C(O)C(O)C1O)/C(C)=C/C(C)CCC/C=C/C(C)C/C=C/CCCN(C)C=N. The maximum atomic E-state index is 12.3. The molecular formula is C47H73N3O9. The van der Waals surface area contributed by atoms with Crippen LogP contribution in [0.5, 0.6) is 0 Å². The normalized spacial score (nSPS) is 23.4. The first-order valence-corrected chi connectivity index (χ1v) is 20.8. The van der Waals surface area contributed by atoms with Gasteiger partial charge in [0.15, 0.2) is 12.4 Å². The Morgan fingerprint density at radius 1 is 0.864 bits per heavy atom. The van der Waals surface area contributed by atoms with Gasteiger partial charge in [0.2, 0.25) is 0 Å². The highest BCUT2D eigenvalue weighted by Gasteiger charge is 2.48. The Morgan fingerprint density at radius 2 is 1.51 bits per heavy atom. The van der Waals surface area contributed by atoms with Crippen LogP contribution >= 0.6 is 0 Å². The number of ether oxygens (including phenoxy) is 3. The zero-order valence-electron chi connectivity index (χ0n) is 36.8. The third-order valence-corrected chi connectivity index (χ3v) is 9.88. The molecule has 0 saturated carbocycles. The van der Waals surface area contributed by atoms with E-state index in [1.165, 1.54) is 6.34 Å². The van der Waals surface area contributed by atoms with Gasteiger partial charge in [-0.3, -0.25) is 10.2 Å². The number of hydrogen-bond donors (Lipinski definition) is 6. The van der Waals surface area contributed by atoms with Gasteiger partial charge in [-0.05, 0) is 76.7 Å². The third kappa shape index (κ3) is 21.0. The number of unbranched alkanes of at least 4 members (excludes halogenated alkanes) is 2. The minimum atomic E-state index is -1.69. The van der Waals surface area contributed by atoms with Gasteiger partial charge >= 0.3 is 5.97 Å². The van der Waals surface area contributed by atoms with E-state index in [-0.39, 0.29) is 23.5 Å². The second-order valence-electron chi connectivity index (χ2n) is 15.3. The average Bonchev–Trinajstić information content (AvgIpc) is 3.21. The summed E-state index contributed by atoms with van der Waals surface area (Å²) in [5, 5.41) is 51.5. The molecule has 0 bridgehead atoms. The summed E-state index contributed by atoms with van der Waals surface area (Å²) in [6.45, 7) is 14.3. The Balaban J connectivity index is 2.96. The molecule has 9 unspecified atom stereocenters. The Labute approximate surface area is 353 Å². The number of carbonyl (C=O) groups is 2. The summed E-state index contributed by atoms with van der Waals surface area (Å²) >= 11 is 0. The van der Waals surface area contributed by atoms with Gasteiger partial charge in [0, 0.05) is 31.5 Å². The molecule has 0 aliphatic carbocycles. The summed E-state index contributed by atoms with van der Waals surface area (Å²) in [7, 11) is 3.06.